The van der Waals surface area contributed by atoms with Gasteiger partial charge in [-0.1, -0.05) is 23.7 Å². The van der Waals surface area contributed by atoms with E-state index in [2.05, 4.69) is 4.90 Å². The molecule has 1 N–H and O–H groups in total. The minimum Gasteiger partial charge on any atom is -0.394 e. The van der Waals surface area contributed by atoms with Crippen LogP contribution in [0.15, 0.2) is 24.3 Å². The van der Waals surface area contributed by atoms with Crippen LogP contribution in [0.4, 0.5) is 0 Å². The van der Waals surface area contributed by atoms with E-state index in [1.165, 1.54) is 0 Å². The molecule has 1 heterocycles. The summed E-state index contributed by atoms with van der Waals surface area (Å²) in [6.45, 7) is 4.29. The van der Waals surface area contributed by atoms with E-state index in [1.54, 1.807) is 0 Å². The number of benzene rings is 1. The molecule has 6 heteroatoms. The molecule has 21 heavy (non-hydrogen) atoms. The Morgan fingerprint density at radius 2 is 1.95 bits per heavy atom. The molecule has 0 bridgehead atoms. The smallest absolute Gasteiger partial charge is 0.237 e. The van der Waals surface area contributed by atoms with Crippen LogP contribution in [0.3, 0.4) is 0 Å². The molecule has 0 unspecified atom stereocenters. The molecule has 5 nitrogen and oxygen atoms in total. The van der Waals surface area contributed by atoms with Gasteiger partial charge in [0.2, 0.25) is 5.91 Å². The molecule has 0 atom stereocenters. The third kappa shape index (κ3) is 5.28. The number of amides is 1. The molecule has 1 aliphatic heterocycles. The van der Waals surface area contributed by atoms with Crippen LogP contribution in [-0.2, 0) is 16.1 Å². The van der Waals surface area contributed by atoms with Crippen LogP contribution in [0, 0.1) is 0 Å². The third-order valence-corrected chi connectivity index (χ3v) is 3.72. The predicted molar refractivity (Wildman–Crippen MR) is 81.2 cm³/mol. The highest BCUT2D eigenvalue weighted by Gasteiger charge is 2.23. The highest BCUT2D eigenvalue weighted by atomic mass is 35.5. The van der Waals surface area contributed by atoms with Crippen molar-refractivity contribution < 1.29 is 14.6 Å². The number of ether oxygens (including phenoxy) is 1. The lowest BCUT2D eigenvalue weighted by molar-refractivity contribution is -0.137. The average Bonchev–Trinajstić information content (AvgIpc) is 2.48. The summed E-state index contributed by atoms with van der Waals surface area (Å²) in [5.74, 6) is 0.137. The first kappa shape index (κ1) is 16.2. The largest absolute Gasteiger partial charge is 0.394 e. The fourth-order valence-corrected chi connectivity index (χ4v) is 2.41. The van der Waals surface area contributed by atoms with Gasteiger partial charge in [0.05, 0.1) is 26.4 Å². The fourth-order valence-electron chi connectivity index (χ4n) is 2.29. The number of rotatable bonds is 7. The van der Waals surface area contributed by atoms with E-state index in [9.17, 15) is 4.79 Å². The number of hydrogen-bond acceptors (Lipinski definition) is 4. The van der Waals surface area contributed by atoms with Crippen LogP contribution in [0.2, 0.25) is 5.02 Å². The van der Waals surface area contributed by atoms with E-state index in [4.69, 9.17) is 21.4 Å². The average molecular weight is 313 g/mol. The second-order valence-electron chi connectivity index (χ2n) is 5.05. The lowest BCUT2D eigenvalue weighted by atomic mass is 10.2. The highest BCUT2D eigenvalue weighted by molar-refractivity contribution is 6.30. The molecule has 0 radical (unpaired) electrons. The van der Waals surface area contributed by atoms with Crippen LogP contribution in [0.5, 0.6) is 0 Å². The Labute approximate surface area is 130 Å². The van der Waals surface area contributed by atoms with E-state index in [1.807, 2.05) is 29.2 Å². The molecule has 1 amide bonds. The van der Waals surface area contributed by atoms with Gasteiger partial charge in [0.25, 0.3) is 0 Å². The van der Waals surface area contributed by atoms with Gasteiger partial charge >= 0.3 is 0 Å². The van der Waals surface area contributed by atoms with Crippen molar-refractivity contribution in [2.45, 2.75) is 6.54 Å². The first-order valence-electron chi connectivity index (χ1n) is 7.12. The van der Waals surface area contributed by atoms with E-state index in [0.717, 1.165) is 25.2 Å². The third-order valence-electron chi connectivity index (χ3n) is 3.47. The molecule has 1 aromatic rings. The minimum atomic E-state index is 0.0355. The molecule has 1 aromatic carbocycles. The van der Waals surface area contributed by atoms with E-state index < -0.39 is 0 Å². The van der Waals surface area contributed by atoms with Gasteiger partial charge in [-0.15, -0.1) is 0 Å². The van der Waals surface area contributed by atoms with Gasteiger partial charge in [-0.05, 0) is 17.7 Å². The van der Waals surface area contributed by atoms with Gasteiger partial charge in [-0.2, -0.15) is 0 Å². The van der Waals surface area contributed by atoms with Gasteiger partial charge in [-0.3, -0.25) is 9.69 Å². The van der Waals surface area contributed by atoms with Crippen molar-refractivity contribution in [1.82, 2.24) is 9.80 Å². The Morgan fingerprint density at radius 1 is 1.19 bits per heavy atom. The fraction of sp³-hybridized carbons (Fsp3) is 0.533. The Bertz CT molecular complexity index is 453. The molecule has 0 aromatic heterocycles. The Morgan fingerprint density at radius 3 is 2.62 bits per heavy atom. The van der Waals surface area contributed by atoms with Crippen LogP contribution in [0.25, 0.3) is 0 Å². The van der Waals surface area contributed by atoms with Crippen molar-refractivity contribution in [2.24, 2.45) is 0 Å². The normalized spacial score (nSPS) is 16.5. The van der Waals surface area contributed by atoms with E-state index in [0.29, 0.717) is 31.3 Å². The maximum Gasteiger partial charge on any atom is 0.237 e. The van der Waals surface area contributed by atoms with Gasteiger partial charge in [-0.25, -0.2) is 0 Å². The molecule has 2 rings (SSSR count). The Kier molecular flexibility index (Phi) is 6.45. The summed E-state index contributed by atoms with van der Waals surface area (Å²) in [7, 11) is 0. The monoisotopic (exact) mass is 312 g/mol. The number of aliphatic hydroxyl groups is 1. The van der Waals surface area contributed by atoms with Crippen molar-refractivity contribution in [3.05, 3.63) is 34.9 Å². The second-order valence-corrected chi connectivity index (χ2v) is 5.49. The van der Waals surface area contributed by atoms with Crippen molar-refractivity contribution in [3.63, 3.8) is 0 Å². The Hall–Kier alpha value is -1.14. The molecule has 1 saturated heterocycles. The summed E-state index contributed by atoms with van der Waals surface area (Å²) in [6.07, 6.45) is 0. The number of carbonyl (C=O) groups is 1. The number of nitrogens with zero attached hydrogens (tertiary/aromatic N) is 2. The summed E-state index contributed by atoms with van der Waals surface area (Å²) in [5, 5.41) is 9.34. The second kappa shape index (κ2) is 8.34. The van der Waals surface area contributed by atoms with E-state index in [-0.39, 0.29) is 12.5 Å². The van der Waals surface area contributed by atoms with Crippen molar-refractivity contribution >= 4 is 17.5 Å². The van der Waals surface area contributed by atoms with Crippen molar-refractivity contribution in [3.8, 4) is 0 Å². The van der Waals surface area contributed by atoms with Gasteiger partial charge in [0, 0.05) is 31.2 Å². The van der Waals surface area contributed by atoms with Crippen LogP contribution >= 0.6 is 11.6 Å². The summed E-state index contributed by atoms with van der Waals surface area (Å²) in [4.78, 5) is 16.1. The van der Waals surface area contributed by atoms with Gasteiger partial charge in [0.15, 0.2) is 0 Å². The summed E-state index contributed by atoms with van der Waals surface area (Å²) in [6, 6.07) is 7.58. The van der Waals surface area contributed by atoms with Crippen LogP contribution in [0.1, 0.15) is 5.56 Å². The lowest BCUT2D eigenvalue weighted by Crippen LogP contribution is -2.50. The zero-order chi connectivity index (χ0) is 15.1. The molecule has 0 saturated carbocycles. The molecular formula is C15H21ClN2O3. The maximum atomic E-state index is 12.1. The first-order chi connectivity index (χ1) is 10.2. The number of carbonyl (C=O) groups excluding carboxylic acids is 1. The quantitative estimate of drug-likeness (QED) is 0.763. The maximum absolute atomic E-state index is 12.1. The van der Waals surface area contributed by atoms with Crippen LogP contribution in [-0.4, -0.2) is 66.8 Å². The number of piperazine rings is 1. The summed E-state index contributed by atoms with van der Waals surface area (Å²) >= 11 is 5.86. The topological polar surface area (TPSA) is 53.0 Å². The number of hydrogen-bond donors (Lipinski definition) is 1. The standard InChI is InChI=1S/C15H21ClN2O3/c16-14-3-1-13(2-4-14)11-18-6-5-17(12-15(18)20)7-9-21-10-8-19/h1-4,19H,5-12H2. The SMILES string of the molecule is O=C1CN(CCOCCO)CCN1Cc1ccc(Cl)cc1. The van der Waals surface area contributed by atoms with Gasteiger partial charge in [0.1, 0.15) is 0 Å². The zero-order valence-electron chi connectivity index (χ0n) is 12.0. The number of aliphatic hydroxyl groups excluding tert-OH is 1. The first-order valence-corrected chi connectivity index (χ1v) is 7.50. The van der Waals surface area contributed by atoms with E-state index >= 15 is 0 Å². The summed E-state index contributed by atoms with van der Waals surface area (Å²) in [5.41, 5.74) is 1.09. The molecule has 116 valence electrons. The molecule has 0 spiro atoms. The molecule has 1 fully saturated rings. The Balaban J connectivity index is 1.76. The van der Waals surface area contributed by atoms with Crippen molar-refractivity contribution in [2.75, 3.05) is 46.0 Å². The zero-order valence-corrected chi connectivity index (χ0v) is 12.8. The predicted octanol–water partition coefficient (Wildman–Crippen LogP) is 0.993. The van der Waals surface area contributed by atoms with Crippen molar-refractivity contribution in [1.29, 1.82) is 0 Å². The number of halogens is 1. The van der Waals surface area contributed by atoms with Gasteiger partial charge < -0.3 is 14.7 Å². The molecule has 1 aliphatic rings. The summed E-state index contributed by atoms with van der Waals surface area (Å²) < 4.78 is 5.23. The highest BCUT2D eigenvalue weighted by Crippen LogP contribution is 2.13. The minimum absolute atomic E-state index is 0.0355. The lowest BCUT2D eigenvalue weighted by Gasteiger charge is -2.34. The molecular weight excluding hydrogens is 292 g/mol. The van der Waals surface area contributed by atoms with Crippen LogP contribution < -0.4 is 0 Å². The molecule has 0 aliphatic carbocycles.